The zero-order valence-electron chi connectivity index (χ0n) is 7.67. The molecule has 1 aromatic heterocycles. The maximum atomic E-state index is 11.9. The summed E-state index contributed by atoms with van der Waals surface area (Å²) in [4.78, 5) is 12.8. The van der Waals surface area contributed by atoms with Gasteiger partial charge in [-0.1, -0.05) is 6.08 Å². The van der Waals surface area contributed by atoms with Crippen LogP contribution in [0.1, 0.15) is 34.5 Å². The maximum absolute atomic E-state index is 11.9. The lowest BCUT2D eigenvalue weighted by Gasteiger charge is -1.99. The van der Waals surface area contributed by atoms with Gasteiger partial charge in [-0.05, 0) is 48.8 Å². The molecule has 1 aliphatic rings. The molecule has 68 valence electrons. The van der Waals surface area contributed by atoms with Crippen LogP contribution in [0.2, 0.25) is 0 Å². The summed E-state index contributed by atoms with van der Waals surface area (Å²) < 4.78 is 0. The van der Waals surface area contributed by atoms with Gasteiger partial charge in [-0.3, -0.25) is 4.79 Å². The van der Waals surface area contributed by atoms with E-state index in [1.165, 1.54) is 0 Å². The van der Waals surface area contributed by atoms with Gasteiger partial charge in [0, 0.05) is 0 Å². The van der Waals surface area contributed by atoms with Crippen LogP contribution in [-0.2, 0) is 0 Å². The van der Waals surface area contributed by atoms with Crippen molar-refractivity contribution in [3.05, 3.63) is 33.5 Å². The molecule has 1 heterocycles. The first-order valence-corrected chi connectivity index (χ1v) is 5.45. The highest BCUT2D eigenvalue weighted by Crippen LogP contribution is 2.25. The van der Waals surface area contributed by atoms with Gasteiger partial charge in [0.05, 0.1) is 4.88 Å². The van der Waals surface area contributed by atoms with Crippen molar-refractivity contribution >= 4 is 17.1 Å². The quantitative estimate of drug-likeness (QED) is 0.657. The van der Waals surface area contributed by atoms with E-state index in [9.17, 15) is 4.79 Å². The normalized spacial score (nSPS) is 15.9. The molecule has 0 saturated heterocycles. The average molecular weight is 192 g/mol. The van der Waals surface area contributed by atoms with Crippen LogP contribution in [-0.4, -0.2) is 5.78 Å². The van der Waals surface area contributed by atoms with Crippen LogP contribution in [0.25, 0.3) is 0 Å². The Hall–Kier alpha value is -0.890. The lowest BCUT2D eigenvalue weighted by Crippen LogP contribution is -2.00. The average Bonchev–Trinajstić information content (AvgIpc) is 2.72. The van der Waals surface area contributed by atoms with E-state index >= 15 is 0 Å². The van der Waals surface area contributed by atoms with Crippen molar-refractivity contribution in [2.45, 2.75) is 26.2 Å². The van der Waals surface area contributed by atoms with Gasteiger partial charge in [-0.15, -0.1) is 11.3 Å². The van der Waals surface area contributed by atoms with Gasteiger partial charge in [0.1, 0.15) is 0 Å². The smallest absolute Gasteiger partial charge is 0.198 e. The molecule has 0 radical (unpaired) electrons. The number of aryl methyl sites for hydroxylation is 1. The molecule has 13 heavy (non-hydrogen) atoms. The van der Waals surface area contributed by atoms with Gasteiger partial charge in [0.15, 0.2) is 5.78 Å². The molecule has 0 N–H and O–H groups in total. The zero-order valence-corrected chi connectivity index (χ0v) is 8.49. The molecule has 0 spiro atoms. The summed E-state index contributed by atoms with van der Waals surface area (Å²) in [5.74, 6) is 0.255. The van der Waals surface area contributed by atoms with Crippen molar-refractivity contribution in [2.24, 2.45) is 0 Å². The first kappa shape index (κ1) is 8.70. The Kier molecular flexibility index (Phi) is 2.32. The molecule has 0 unspecified atom stereocenters. The number of carbonyl (C=O) groups excluding carboxylic acids is 1. The van der Waals surface area contributed by atoms with E-state index < -0.39 is 0 Å². The summed E-state index contributed by atoms with van der Waals surface area (Å²) in [6.45, 7) is 2.00. The molecule has 1 nitrogen and oxygen atoms in total. The first-order chi connectivity index (χ1) is 6.29. The van der Waals surface area contributed by atoms with E-state index in [1.54, 1.807) is 11.3 Å². The predicted molar refractivity (Wildman–Crippen MR) is 55.3 cm³/mol. The number of hydrogen-bond donors (Lipinski definition) is 0. The van der Waals surface area contributed by atoms with Crippen LogP contribution in [0.3, 0.4) is 0 Å². The highest BCUT2D eigenvalue weighted by molar-refractivity contribution is 7.12. The third kappa shape index (κ3) is 1.59. The van der Waals surface area contributed by atoms with Gasteiger partial charge in [0.2, 0.25) is 0 Å². The topological polar surface area (TPSA) is 17.1 Å². The summed E-state index contributed by atoms with van der Waals surface area (Å²) >= 11 is 1.55. The fraction of sp³-hybridized carbons (Fsp3) is 0.364. The van der Waals surface area contributed by atoms with Crippen molar-refractivity contribution in [1.82, 2.24) is 0 Å². The fourth-order valence-electron chi connectivity index (χ4n) is 1.63. The van der Waals surface area contributed by atoms with Crippen molar-refractivity contribution in [3.63, 3.8) is 0 Å². The summed E-state index contributed by atoms with van der Waals surface area (Å²) in [6, 6.07) is 2.01. The number of rotatable bonds is 2. The monoisotopic (exact) mass is 192 g/mol. The zero-order chi connectivity index (χ0) is 9.26. The molecule has 0 amide bonds. The lowest BCUT2D eigenvalue weighted by molar-refractivity contribution is 0.103. The van der Waals surface area contributed by atoms with Crippen LogP contribution < -0.4 is 0 Å². The number of ketones is 1. The van der Waals surface area contributed by atoms with Crippen molar-refractivity contribution < 1.29 is 4.79 Å². The highest BCUT2D eigenvalue weighted by Gasteiger charge is 2.17. The fourth-order valence-corrected chi connectivity index (χ4v) is 2.53. The summed E-state index contributed by atoms with van der Waals surface area (Å²) in [6.07, 6.45) is 5.27. The van der Waals surface area contributed by atoms with Gasteiger partial charge in [0.25, 0.3) is 0 Å². The Bertz CT molecular complexity index is 360. The molecule has 0 saturated carbocycles. The van der Waals surface area contributed by atoms with E-state index in [-0.39, 0.29) is 5.78 Å². The minimum atomic E-state index is 0.255. The summed E-state index contributed by atoms with van der Waals surface area (Å²) in [7, 11) is 0. The van der Waals surface area contributed by atoms with E-state index in [1.807, 2.05) is 18.4 Å². The molecule has 0 fully saturated rings. The standard InChI is InChI=1S/C11H12OS/c1-8-6-7-13-11(8)10(12)9-4-2-3-5-9/h4,6-7H,2-3,5H2,1H3. The Morgan fingerprint density at radius 1 is 1.54 bits per heavy atom. The molecule has 1 aliphatic carbocycles. The largest absolute Gasteiger partial charge is 0.288 e. The van der Waals surface area contributed by atoms with E-state index in [0.29, 0.717) is 0 Å². The van der Waals surface area contributed by atoms with Crippen molar-refractivity contribution in [1.29, 1.82) is 0 Å². The molecule has 0 aromatic carbocycles. The Morgan fingerprint density at radius 2 is 2.38 bits per heavy atom. The lowest BCUT2D eigenvalue weighted by atomic mass is 10.1. The molecular formula is C11H12OS. The third-order valence-corrected chi connectivity index (χ3v) is 3.42. The molecule has 0 atom stereocenters. The summed E-state index contributed by atoms with van der Waals surface area (Å²) in [5, 5.41) is 1.98. The molecule has 2 heteroatoms. The Morgan fingerprint density at radius 3 is 2.92 bits per heavy atom. The third-order valence-electron chi connectivity index (χ3n) is 2.40. The van der Waals surface area contributed by atoms with Crippen LogP contribution in [0.15, 0.2) is 23.1 Å². The second-order valence-electron chi connectivity index (χ2n) is 3.38. The Labute approximate surface area is 82.1 Å². The molecule has 2 rings (SSSR count). The first-order valence-electron chi connectivity index (χ1n) is 4.57. The number of allylic oxidation sites excluding steroid dienone is 2. The molecule has 0 aliphatic heterocycles. The van der Waals surface area contributed by atoms with E-state index in [2.05, 4.69) is 6.08 Å². The van der Waals surface area contributed by atoms with Crippen LogP contribution >= 0.6 is 11.3 Å². The number of carbonyl (C=O) groups is 1. The predicted octanol–water partition coefficient (Wildman–Crippen LogP) is 3.35. The van der Waals surface area contributed by atoms with E-state index in [0.717, 1.165) is 35.3 Å². The second kappa shape index (κ2) is 3.46. The second-order valence-corrected chi connectivity index (χ2v) is 4.30. The van der Waals surface area contributed by atoms with Gasteiger partial charge >= 0.3 is 0 Å². The van der Waals surface area contributed by atoms with Crippen LogP contribution in [0, 0.1) is 6.92 Å². The van der Waals surface area contributed by atoms with Crippen molar-refractivity contribution in [2.75, 3.05) is 0 Å². The molecule has 1 aromatic rings. The van der Waals surface area contributed by atoms with Gasteiger partial charge < -0.3 is 0 Å². The Balaban J connectivity index is 2.27. The molecule has 0 bridgehead atoms. The van der Waals surface area contributed by atoms with Gasteiger partial charge in [-0.25, -0.2) is 0 Å². The number of hydrogen-bond acceptors (Lipinski definition) is 2. The highest BCUT2D eigenvalue weighted by atomic mass is 32.1. The molecular weight excluding hydrogens is 180 g/mol. The van der Waals surface area contributed by atoms with Crippen molar-refractivity contribution in [3.8, 4) is 0 Å². The number of thiophene rings is 1. The number of Topliss-reactive ketones (excluding diaryl/α,β-unsaturated/α-hetero) is 1. The maximum Gasteiger partial charge on any atom is 0.198 e. The van der Waals surface area contributed by atoms with E-state index in [4.69, 9.17) is 0 Å². The van der Waals surface area contributed by atoms with Crippen LogP contribution in [0.5, 0.6) is 0 Å². The minimum Gasteiger partial charge on any atom is -0.288 e. The summed E-state index contributed by atoms with van der Waals surface area (Å²) in [5.41, 5.74) is 2.13. The van der Waals surface area contributed by atoms with Gasteiger partial charge in [-0.2, -0.15) is 0 Å². The van der Waals surface area contributed by atoms with Crippen LogP contribution in [0.4, 0.5) is 0 Å². The SMILES string of the molecule is Cc1ccsc1C(=O)C1=CCCC1. The minimum absolute atomic E-state index is 0.255.